The second-order valence-corrected chi connectivity index (χ2v) is 6.84. The second-order valence-electron chi connectivity index (χ2n) is 5.92. The monoisotopic (exact) mass is 409 g/mol. The Morgan fingerprint density at radius 3 is 2.69 bits per heavy atom. The highest BCUT2D eigenvalue weighted by atomic mass is 79.9. The van der Waals surface area contributed by atoms with Crippen molar-refractivity contribution in [3.8, 4) is 22.4 Å². The van der Waals surface area contributed by atoms with Crippen molar-refractivity contribution in [2.45, 2.75) is 6.92 Å². The van der Waals surface area contributed by atoms with E-state index in [9.17, 15) is 9.18 Å². The summed E-state index contributed by atoms with van der Waals surface area (Å²) < 4.78 is 16.8. The predicted molar refractivity (Wildman–Crippen MR) is 102 cm³/mol. The molecule has 0 N–H and O–H groups in total. The van der Waals surface area contributed by atoms with Crippen LogP contribution in [-0.4, -0.2) is 20.2 Å². The molecule has 0 unspecified atom stereocenters. The highest BCUT2D eigenvalue weighted by Gasteiger charge is 2.15. The van der Waals surface area contributed by atoms with Crippen LogP contribution in [0.4, 0.5) is 4.39 Å². The number of imidazole rings is 1. The van der Waals surface area contributed by atoms with Gasteiger partial charge in [-0.25, -0.2) is 9.37 Å². The van der Waals surface area contributed by atoms with Gasteiger partial charge in [-0.3, -0.25) is 9.78 Å². The van der Waals surface area contributed by atoms with Crippen LogP contribution in [0.1, 0.15) is 17.3 Å². The molecule has 3 heterocycles. The molecular weight excluding hydrogens is 397 g/mol. The van der Waals surface area contributed by atoms with Gasteiger partial charge in [0.2, 0.25) is 0 Å². The number of hydrogen-bond acceptors (Lipinski definition) is 3. The summed E-state index contributed by atoms with van der Waals surface area (Å²) >= 11 is 3.26. The van der Waals surface area contributed by atoms with E-state index in [1.54, 1.807) is 47.4 Å². The Bertz CT molecular complexity index is 1140. The largest absolute Gasteiger partial charge is 0.305 e. The van der Waals surface area contributed by atoms with Gasteiger partial charge in [0, 0.05) is 51.5 Å². The third-order valence-electron chi connectivity index (χ3n) is 4.14. The Labute approximate surface area is 157 Å². The fourth-order valence-electron chi connectivity index (χ4n) is 2.85. The minimum absolute atomic E-state index is 0.0536. The molecule has 0 amide bonds. The van der Waals surface area contributed by atoms with Crippen LogP contribution >= 0.6 is 15.9 Å². The molecule has 0 bridgehead atoms. The molecule has 0 aliphatic carbocycles. The smallest absolute Gasteiger partial charge is 0.161 e. The Kier molecular flexibility index (Phi) is 4.12. The molecule has 0 saturated carbocycles. The predicted octanol–water partition coefficient (Wildman–Crippen LogP) is 5.17. The molecule has 26 heavy (non-hydrogen) atoms. The molecule has 3 aromatic heterocycles. The SMILES string of the molecule is CC(=O)c1cc(-c2cccnc2)c2nc(-c3ccc(Br)cc3F)cn2c1. The average molecular weight is 410 g/mol. The van der Waals surface area contributed by atoms with Crippen LogP contribution in [0.5, 0.6) is 0 Å². The Morgan fingerprint density at radius 2 is 2.00 bits per heavy atom. The van der Waals surface area contributed by atoms with Gasteiger partial charge in [-0.1, -0.05) is 22.0 Å². The standard InChI is InChI=1S/C20H13BrFN3O/c1-12(26)14-7-17(13-3-2-6-23-9-13)20-24-19(11-25(20)10-14)16-5-4-15(21)8-18(16)22/h2-11H,1H3. The number of hydrogen-bond donors (Lipinski definition) is 0. The second kappa shape index (κ2) is 6.46. The van der Waals surface area contributed by atoms with Gasteiger partial charge in [0.25, 0.3) is 0 Å². The first kappa shape index (κ1) is 16.6. The van der Waals surface area contributed by atoms with E-state index in [4.69, 9.17) is 0 Å². The van der Waals surface area contributed by atoms with Crippen molar-refractivity contribution in [1.82, 2.24) is 14.4 Å². The van der Waals surface area contributed by atoms with Crippen LogP contribution < -0.4 is 0 Å². The summed E-state index contributed by atoms with van der Waals surface area (Å²) in [5, 5.41) is 0. The Hall–Kier alpha value is -2.86. The summed E-state index contributed by atoms with van der Waals surface area (Å²) in [4.78, 5) is 20.7. The summed E-state index contributed by atoms with van der Waals surface area (Å²) in [6.07, 6.45) is 6.84. The van der Waals surface area contributed by atoms with E-state index in [0.29, 0.717) is 26.9 Å². The normalized spacial score (nSPS) is 11.0. The van der Waals surface area contributed by atoms with Gasteiger partial charge < -0.3 is 4.40 Å². The zero-order chi connectivity index (χ0) is 18.3. The molecule has 0 atom stereocenters. The number of rotatable bonds is 3. The molecule has 0 spiro atoms. The van der Waals surface area contributed by atoms with Crippen LogP contribution in [-0.2, 0) is 0 Å². The van der Waals surface area contributed by atoms with Gasteiger partial charge in [-0.2, -0.15) is 0 Å². The molecule has 0 radical (unpaired) electrons. The maximum Gasteiger partial charge on any atom is 0.161 e. The summed E-state index contributed by atoms with van der Waals surface area (Å²) in [5.74, 6) is -0.417. The molecule has 1 aromatic carbocycles. The lowest BCUT2D eigenvalue weighted by atomic mass is 10.1. The van der Waals surface area contributed by atoms with Crippen LogP contribution in [0, 0.1) is 5.82 Å². The first-order valence-corrected chi connectivity index (χ1v) is 8.72. The summed E-state index contributed by atoms with van der Waals surface area (Å²) in [6.45, 7) is 1.51. The van der Waals surface area contributed by atoms with Crippen LogP contribution in [0.25, 0.3) is 28.0 Å². The zero-order valence-corrected chi connectivity index (χ0v) is 15.4. The fraction of sp³-hybridized carbons (Fsp3) is 0.0500. The number of Topliss-reactive ketones (excluding diaryl/α,β-unsaturated/α-hetero) is 1. The number of fused-ring (bicyclic) bond motifs is 1. The van der Waals surface area contributed by atoms with Crippen molar-refractivity contribution in [3.63, 3.8) is 0 Å². The summed E-state index contributed by atoms with van der Waals surface area (Å²) in [6, 6.07) is 10.4. The van der Waals surface area contributed by atoms with Gasteiger partial charge in [0.05, 0.1) is 5.69 Å². The molecule has 0 fully saturated rings. The van der Waals surface area contributed by atoms with Gasteiger partial charge in [0.1, 0.15) is 11.5 Å². The van der Waals surface area contributed by atoms with Crippen molar-refractivity contribution in [2.24, 2.45) is 0 Å². The number of carbonyl (C=O) groups excluding carboxylic acids is 1. The third kappa shape index (κ3) is 2.93. The number of ketones is 1. The van der Waals surface area contributed by atoms with Crippen molar-refractivity contribution < 1.29 is 9.18 Å². The Balaban J connectivity index is 1.99. The van der Waals surface area contributed by atoms with Crippen LogP contribution in [0.15, 0.2) is 65.7 Å². The lowest BCUT2D eigenvalue weighted by molar-refractivity contribution is 0.101. The third-order valence-corrected chi connectivity index (χ3v) is 4.63. The first-order chi connectivity index (χ1) is 12.5. The summed E-state index contributed by atoms with van der Waals surface area (Å²) in [5.41, 5.74) is 3.71. The summed E-state index contributed by atoms with van der Waals surface area (Å²) in [7, 11) is 0. The van der Waals surface area contributed by atoms with E-state index in [1.807, 2.05) is 12.1 Å². The first-order valence-electron chi connectivity index (χ1n) is 7.92. The molecule has 6 heteroatoms. The fourth-order valence-corrected chi connectivity index (χ4v) is 3.19. The topological polar surface area (TPSA) is 47.3 Å². The van der Waals surface area contributed by atoms with E-state index < -0.39 is 0 Å². The zero-order valence-electron chi connectivity index (χ0n) is 13.8. The molecule has 0 saturated heterocycles. The molecule has 0 aliphatic heterocycles. The van der Waals surface area contributed by atoms with Gasteiger partial charge in [-0.05, 0) is 37.3 Å². The Morgan fingerprint density at radius 1 is 1.15 bits per heavy atom. The van der Waals surface area contributed by atoms with Crippen molar-refractivity contribution in [1.29, 1.82) is 0 Å². The number of halogens is 2. The maximum atomic E-state index is 14.4. The minimum atomic E-state index is -0.363. The van der Waals surface area contributed by atoms with Gasteiger partial charge >= 0.3 is 0 Å². The van der Waals surface area contributed by atoms with Crippen LogP contribution in [0.3, 0.4) is 0 Å². The van der Waals surface area contributed by atoms with E-state index in [2.05, 4.69) is 25.9 Å². The number of nitrogens with zero attached hydrogens (tertiary/aromatic N) is 3. The number of aromatic nitrogens is 3. The van der Waals surface area contributed by atoms with E-state index in [0.717, 1.165) is 11.1 Å². The minimum Gasteiger partial charge on any atom is -0.305 e. The van der Waals surface area contributed by atoms with Gasteiger partial charge in [-0.15, -0.1) is 0 Å². The lowest BCUT2D eigenvalue weighted by Gasteiger charge is -2.06. The van der Waals surface area contributed by atoms with Crippen molar-refractivity contribution in [3.05, 3.63) is 77.0 Å². The van der Waals surface area contributed by atoms with Crippen molar-refractivity contribution >= 4 is 27.4 Å². The highest BCUT2D eigenvalue weighted by molar-refractivity contribution is 9.10. The number of carbonyl (C=O) groups is 1. The average Bonchev–Trinajstić information content (AvgIpc) is 3.05. The maximum absolute atomic E-state index is 14.4. The number of benzene rings is 1. The molecule has 4 nitrogen and oxygen atoms in total. The molecule has 4 rings (SSSR count). The molecule has 4 aromatic rings. The molecular formula is C20H13BrFN3O. The number of pyridine rings is 2. The molecule has 128 valence electrons. The van der Waals surface area contributed by atoms with Crippen molar-refractivity contribution in [2.75, 3.05) is 0 Å². The molecule has 0 aliphatic rings. The van der Waals surface area contributed by atoms with E-state index in [1.165, 1.54) is 13.0 Å². The quantitative estimate of drug-likeness (QED) is 0.438. The van der Waals surface area contributed by atoms with E-state index >= 15 is 0 Å². The van der Waals surface area contributed by atoms with Gasteiger partial charge in [0.15, 0.2) is 5.78 Å². The highest BCUT2D eigenvalue weighted by Crippen LogP contribution is 2.30. The van der Waals surface area contributed by atoms with E-state index in [-0.39, 0.29) is 11.6 Å². The van der Waals surface area contributed by atoms with Crippen LogP contribution in [0.2, 0.25) is 0 Å². The lowest BCUT2D eigenvalue weighted by Crippen LogP contribution is -1.98.